The van der Waals surface area contributed by atoms with Crippen molar-refractivity contribution in [1.29, 1.82) is 0 Å². The van der Waals surface area contributed by atoms with Gasteiger partial charge >= 0.3 is 6.03 Å². The van der Waals surface area contributed by atoms with Crippen molar-refractivity contribution >= 4 is 23.3 Å². The van der Waals surface area contributed by atoms with E-state index in [4.69, 9.17) is 11.6 Å². The Balaban J connectivity index is 1.85. The summed E-state index contributed by atoms with van der Waals surface area (Å²) in [7, 11) is 0. The Hall–Kier alpha value is -1.74. The van der Waals surface area contributed by atoms with Gasteiger partial charge in [-0.15, -0.1) is 0 Å². The Morgan fingerprint density at radius 3 is 2.07 bits per heavy atom. The second-order valence-corrected chi connectivity index (χ2v) is 7.91. The lowest BCUT2D eigenvalue weighted by Gasteiger charge is -2.07. The molecule has 1 aromatic carbocycles. The zero-order valence-corrected chi connectivity index (χ0v) is 18.9. The molecule has 0 fully saturated rings. The van der Waals surface area contributed by atoms with Crippen LogP contribution in [-0.4, -0.2) is 12.6 Å². The molecule has 0 aliphatic rings. The molecule has 1 rings (SSSR count). The molecule has 162 valence electrons. The van der Waals surface area contributed by atoms with E-state index in [0.717, 1.165) is 18.5 Å². The van der Waals surface area contributed by atoms with Crippen molar-refractivity contribution in [1.82, 2.24) is 5.32 Å². The molecule has 2 N–H and O–H groups in total. The average Bonchev–Trinajstić information content (AvgIpc) is 2.72. The van der Waals surface area contributed by atoms with Gasteiger partial charge in [-0.25, -0.2) is 4.79 Å². The monoisotopic (exact) mass is 418 g/mol. The fraction of sp³-hybridized carbons (Fsp3) is 0.560. The molecule has 0 spiro atoms. The van der Waals surface area contributed by atoms with Crippen LogP contribution in [0, 0.1) is 0 Å². The van der Waals surface area contributed by atoms with E-state index in [-0.39, 0.29) is 6.03 Å². The third kappa shape index (κ3) is 15.8. The van der Waals surface area contributed by atoms with Gasteiger partial charge in [0, 0.05) is 17.3 Å². The quantitative estimate of drug-likeness (QED) is 0.206. The zero-order valence-electron chi connectivity index (χ0n) is 18.1. The third-order valence-corrected chi connectivity index (χ3v) is 5.02. The molecule has 0 atom stereocenters. The van der Waals surface area contributed by atoms with Crippen LogP contribution in [0.5, 0.6) is 0 Å². The van der Waals surface area contributed by atoms with Crippen LogP contribution in [0.2, 0.25) is 5.02 Å². The lowest BCUT2D eigenvalue weighted by atomic mass is 10.1. The number of unbranched alkanes of at least 4 members (excludes halogenated alkanes) is 9. The van der Waals surface area contributed by atoms with Crippen molar-refractivity contribution in [3.8, 4) is 0 Å². The number of halogens is 1. The fourth-order valence-electron chi connectivity index (χ4n) is 3.02. The fourth-order valence-corrected chi connectivity index (χ4v) is 3.15. The Morgan fingerprint density at radius 2 is 1.41 bits per heavy atom. The van der Waals surface area contributed by atoms with Gasteiger partial charge in [0.05, 0.1) is 0 Å². The van der Waals surface area contributed by atoms with Gasteiger partial charge < -0.3 is 10.6 Å². The number of nitrogens with one attached hydrogen (secondary N) is 2. The molecule has 0 unspecified atom stereocenters. The van der Waals surface area contributed by atoms with Crippen LogP contribution in [0.1, 0.15) is 84.0 Å². The van der Waals surface area contributed by atoms with E-state index in [9.17, 15) is 4.79 Å². The van der Waals surface area contributed by atoms with Gasteiger partial charge in [0.25, 0.3) is 0 Å². The molecule has 3 nitrogen and oxygen atoms in total. The zero-order chi connectivity index (χ0) is 21.0. The van der Waals surface area contributed by atoms with Gasteiger partial charge in [-0.1, -0.05) is 81.4 Å². The van der Waals surface area contributed by atoms with E-state index < -0.39 is 0 Å². The molecule has 0 radical (unpaired) electrons. The normalized spacial score (nSPS) is 11.4. The molecule has 0 aliphatic heterocycles. The molecule has 0 saturated heterocycles. The number of urea groups is 1. The first-order valence-corrected chi connectivity index (χ1v) is 11.7. The molecule has 4 heteroatoms. The van der Waals surface area contributed by atoms with E-state index in [1.807, 2.05) is 0 Å². The van der Waals surface area contributed by atoms with Gasteiger partial charge in [-0.3, -0.25) is 0 Å². The highest BCUT2D eigenvalue weighted by Gasteiger charge is 2.00. The predicted molar refractivity (Wildman–Crippen MR) is 128 cm³/mol. The van der Waals surface area contributed by atoms with Gasteiger partial charge in [0.1, 0.15) is 0 Å². The van der Waals surface area contributed by atoms with Gasteiger partial charge in [-0.05, 0) is 62.8 Å². The number of benzene rings is 1. The van der Waals surface area contributed by atoms with Crippen molar-refractivity contribution in [2.75, 3.05) is 11.9 Å². The smallest absolute Gasteiger partial charge is 0.319 e. The molecular weight excluding hydrogens is 380 g/mol. The Bertz CT molecular complexity index is 581. The van der Waals surface area contributed by atoms with Crippen LogP contribution < -0.4 is 10.6 Å². The molecule has 0 heterocycles. The summed E-state index contributed by atoms with van der Waals surface area (Å²) in [6, 6.07) is 6.96. The standard InChI is InChI=1S/C25H39ClN2O/c1-2-3-4-5-6-7-8-9-10-11-12-13-14-15-16-17-22-27-25(29)28-24-20-18-23(26)19-21-24/h6-7,9-10,18-21H,2-5,8,11-17,22H2,1H3,(H2,27,28,29)/b7-6+,10-9-. The number of amides is 2. The van der Waals surface area contributed by atoms with Crippen LogP contribution in [0.25, 0.3) is 0 Å². The lowest BCUT2D eigenvalue weighted by molar-refractivity contribution is 0.252. The highest BCUT2D eigenvalue weighted by atomic mass is 35.5. The van der Waals surface area contributed by atoms with Gasteiger partial charge in [-0.2, -0.15) is 0 Å². The molecule has 1 aromatic rings. The second-order valence-electron chi connectivity index (χ2n) is 7.47. The van der Waals surface area contributed by atoms with E-state index in [1.165, 1.54) is 64.2 Å². The molecule has 0 saturated carbocycles. The average molecular weight is 419 g/mol. The Kier molecular flexibility index (Phi) is 16.0. The van der Waals surface area contributed by atoms with Crippen molar-refractivity contribution in [3.63, 3.8) is 0 Å². The van der Waals surface area contributed by atoms with Crippen LogP contribution in [-0.2, 0) is 0 Å². The van der Waals surface area contributed by atoms with Crippen LogP contribution in [0.15, 0.2) is 48.6 Å². The number of allylic oxidation sites excluding steroid dienone is 4. The summed E-state index contributed by atoms with van der Waals surface area (Å²) in [4.78, 5) is 11.8. The molecule has 0 aliphatic carbocycles. The SMILES string of the molecule is CCCCC/C=C/C/C=C\CCCCCCCCNC(=O)Nc1ccc(Cl)cc1. The Morgan fingerprint density at radius 1 is 0.828 bits per heavy atom. The maximum absolute atomic E-state index is 11.8. The van der Waals surface area contributed by atoms with E-state index in [0.29, 0.717) is 11.6 Å². The van der Waals surface area contributed by atoms with Crippen molar-refractivity contribution in [2.45, 2.75) is 84.0 Å². The van der Waals surface area contributed by atoms with Crippen molar-refractivity contribution in [3.05, 3.63) is 53.6 Å². The number of hydrogen-bond donors (Lipinski definition) is 2. The maximum atomic E-state index is 11.8. The minimum Gasteiger partial charge on any atom is -0.338 e. The first kappa shape index (κ1) is 25.3. The summed E-state index contributed by atoms with van der Waals surface area (Å²) in [5, 5.41) is 6.37. The summed E-state index contributed by atoms with van der Waals surface area (Å²) in [6.45, 7) is 2.96. The summed E-state index contributed by atoms with van der Waals surface area (Å²) in [6.07, 6.45) is 24.0. The first-order chi connectivity index (χ1) is 14.2. The molecular formula is C25H39ClN2O. The maximum Gasteiger partial charge on any atom is 0.319 e. The highest BCUT2D eigenvalue weighted by molar-refractivity contribution is 6.30. The first-order valence-electron chi connectivity index (χ1n) is 11.3. The van der Waals surface area contributed by atoms with E-state index in [2.05, 4.69) is 41.9 Å². The van der Waals surface area contributed by atoms with E-state index >= 15 is 0 Å². The highest BCUT2D eigenvalue weighted by Crippen LogP contribution is 2.13. The largest absolute Gasteiger partial charge is 0.338 e. The van der Waals surface area contributed by atoms with Crippen LogP contribution >= 0.6 is 11.6 Å². The predicted octanol–water partition coefficient (Wildman–Crippen LogP) is 8.28. The van der Waals surface area contributed by atoms with Gasteiger partial charge in [0.15, 0.2) is 0 Å². The summed E-state index contributed by atoms with van der Waals surface area (Å²) in [5.41, 5.74) is 0.754. The topological polar surface area (TPSA) is 41.1 Å². The van der Waals surface area contributed by atoms with Crippen LogP contribution in [0.3, 0.4) is 0 Å². The molecule has 29 heavy (non-hydrogen) atoms. The number of anilines is 1. The lowest BCUT2D eigenvalue weighted by Crippen LogP contribution is -2.29. The molecule has 0 aromatic heterocycles. The van der Waals surface area contributed by atoms with Crippen molar-refractivity contribution in [2.24, 2.45) is 0 Å². The summed E-state index contributed by atoms with van der Waals surface area (Å²) in [5.74, 6) is 0. The third-order valence-electron chi connectivity index (χ3n) is 4.77. The molecule has 2 amide bonds. The number of carbonyl (C=O) groups is 1. The second kappa shape index (κ2) is 18.3. The van der Waals surface area contributed by atoms with Crippen LogP contribution in [0.4, 0.5) is 10.5 Å². The van der Waals surface area contributed by atoms with E-state index in [1.54, 1.807) is 24.3 Å². The summed E-state index contributed by atoms with van der Waals surface area (Å²) < 4.78 is 0. The number of hydrogen-bond acceptors (Lipinski definition) is 1. The molecule has 0 bridgehead atoms. The van der Waals surface area contributed by atoms with Gasteiger partial charge in [0.2, 0.25) is 0 Å². The minimum absolute atomic E-state index is 0.157. The number of carbonyl (C=O) groups excluding carboxylic acids is 1. The number of rotatable bonds is 16. The summed E-state index contributed by atoms with van der Waals surface area (Å²) >= 11 is 5.83. The Labute approximate surface area is 183 Å². The minimum atomic E-state index is -0.157. The van der Waals surface area contributed by atoms with Crippen molar-refractivity contribution < 1.29 is 4.79 Å².